The van der Waals surface area contributed by atoms with Crippen molar-refractivity contribution in [2.75, 3.05) is 6.54 Å². The number of nitrogens with zero attached hydrogens (tertiary/aromatic N) is 2. The molecule has 1 aliphatic rings. The van der Waals surface area contributed by atoms with Crippen molar-refractivity contribution in [3.63, 3.8) is 0 Å². The van der Waals surface area contributed by atoms with E-state index in [-0.39, 0.29) is 0 Å². The molecule has 1 aromatic heterocycles. The molecule has 1 aromatic carbocycles. The van der Waals surface area contributed by atoms with Crippen molar-refractivity contribution >= 4 is 0 Å². The van der Waals surface area contributed by atoms with Crippen LogP contribution >= 0.6 is 0 Å². The summed E-state index contributed by atoms with van der Waals surface area (Å²) in [5.41, 5.74) is 6.36. The molecular weight excluding hydrogens is 222 g/mol. The van der Waals surface area contributed by atoms with E-state index < -0.39 is 0 Å². The number of imidazole rings is 1. The van der Waals surface area contributed by atoms with E-state index in [1.54, 1.807) is 0 Å². The van der Waals surface area contributed by atoms with Crippen LogP contribution < -0.4 is 5.32 Å². The monoisotopic (exact) mass is 241 g/mol. The molecule has 0 atom stereocenters. The van der Waals surface area contributed by atoms with Crippen LogP contribution in [0.5, 0.6) is 0 Å². The van der Waals surface area contributed by atoms with E-state index in [0.29, 0.717) is 0 Å². The molecule has 0 saturated heterocycles. The number of hydrogen-bond acceptors (Lipinski definition) is 2. The third kappa shape index (κ3) is 1.85. The SMILES string of the molecule is Cc1cc(C)c(-c2cn3c(n2)CNCC3)c(C)c1. The molecule has 2 heterocycles. The Balaban J connectivity index is 2.12. The molecule has 94 valence electrons. The molecule has 0 amide bonds. The van der Waals surface area contributed by atoms with E-state index in [2.05, 4.69) is 49.0 Å². The zero-order valence-corrected chi connectivity index (χ0v) is 11.2. The van der Waals surface area contributed by atoms with Crippen molar-refractivity contribution in [3.8, 4) is 11.3 Å². The van der Waals surface area contributed by atoms with E-state index >= 15 is 0 Å². The molecule has 3 nitrogen and oxygen atoms in total. The molecule has 1 aliphatic heterocycles. The molecule has 0 unspecified atom stereocenters. The van der Waals surface area contributed by atoms with Crippen molar-refractivity contribution in [1.82, 2.24) is 14.9 Å². The zero-order valence-electron chi connectivity index (χ0n) is 11.2. The Labute approximate surface area is 108 Å². The third-order valence-electron chi connectivity index (χ3n) is 3.60. The average Bonchev–Trinajstić information content (AvgIpc) is 2.70. The van der Waals surface area contributed by atoms with Gasteiger partial charge < -0.3 is 9.88 Å². The normalized spacial score (nSPS) is 14.6. The Bertz CT molecular complexity index is 549. The molecular formula is C15H19N3. The van der Waals surface area contributed by atoms with Crippen molar-refractivity contribution < 1.29 is 0 Å². The van der Waals surface area contributed by atoms with Gasteiger partial charge in [0.1, 0.15) is 5.82 Å². The molecule has 3 heteroatoms. The van der Waals surface area contributed by atoms with Gasteiger partial charge in [0.2, 0.25) is 0 Å². The van der Waals surface area contributed by atoms with Crippen molar-refractivity contribution in [2.45, 2.75) is 33.9 Å². The van der Waals surface area contributed by atoms with Gasteiger partial charge in [-0.3, -0.25) is 0 Å². The maximum Gasteiger partial charge on any atom is 0.123 e. The second kappa shape index (κ2) is 4.25. The van der Waals surface area contributed by atoms with Crippen LogP contribution in [-0.2, 0) is 13.1 Å². The quantitative estimate of drug-likeness (QED) is 0.831. The Morgan fingerprint density at radius 1 is 1.17 bits per heavy atom. The van der Waals surface area contributed by atoms with Gasteiger partial charge in [0, 0.05) is 24.8 Å². The van der Waals surface area contributed by atoms with Gasteiger partial charge in [-0.1, -0.05) is 17.7 Å². The number of fused-ring (bicyclic) bond motifs is 1. The smallest absolute Gasteiger partial charge is 0.123 e. The molecule has 2 aromatic rings. The predicted octanol–water partition coefficient (Wildman–Crippen LogP) is 2.58. The van der Waals surface area contributed by atoms with Crippen LogP contribution in [0, 0.1) is 20.8 Å². The average molecular weight is 241 g/mol. The fraction of sp³-hybridized carbons (Fsp3) is 0.400. The lowest BCUT2D eigenvalue weighted by Gasteiger charge is -2.13. The summed E-state index contributed by atoms with van der Waals surface area (Å²) in [7, 11) is 0. The summed E-state index contributed by atoms with van der Waals surface area (Å²) in [6, 6.07) is 4.47. The van der Waals surface area contributed by atoms with Gasteiger partial charge in [-0.15, -0.1) is 0 Å². The Kier molecular flexibility index (Phi) is 2.71. The topological polar surface area (TPSA) is 29.9 Å². The first-order valence-corrected chi connectivity index (χ1v) is 6.50. The Morgan fingerprint density at radius 3 is 2.56 bits per heavy atom. The highest BCUT2D eigenvalue weighted by molar-refractivity contribution is 5.68. The molecule has 18 heavy (non-hydrogen) atoms. The highest BCUT2D eigenvalue weighted by Crippen LogP contribution is 2.28. The molecule has 0 fully saturated rings. The minimum Gasteiger partial charge on any atom is -0.332 e. The summed E-state index contributed by atoms with van der Waals surface area (Å²) < 4.78 is 2.27. The van der Waals surface area contributed by atoms with Crippen LogP contribution in [0.4, 0.5) is 0 Å². The zero-order chi connectivity index (χ0) is 12.7. The summed E-state index contributed by atoms with van der Waals surface area (Å²) in [5, 5.41) is 3.36. The largest absolute Gasteiger partial charge is 0.332 e. The number of aryl methyl sites for hydroxylation is 3. The summed E-state index contributed by atoms with van der Waals surface area (Å²) in [6.45, 7) is 9.43. The summed E-state index contributed by atoms with van der Waals surface area (Å²) in [4.78, 5) is 4.77. The van der Waals surface area contributed by atoms with E-state index in [4.69, 9.17) is 4.98 Å². The lowest BCUT2D eigenvalue weighted by molar-refractivity contribution is 0.505. The van der Waals surface area contributed by atoms with Crippen LogP contribution in [0.1, 0.15) is 22.5 Å². The van der Waals surface area contributed by atoms with Crippen LogP contribution in [0.3, 0.4) is 0 Å². The maximum atomic E-state index is 4.77. The summed E-state index contributed by atoms with van der Waals surface area (Å²) >= 11 is 0. The maximum absolute atomic E-state index is 4.77. The lowest BCUT2D eigenvalue weighted by atomic mass is 9.98. The fourth-order valence-corrected chi connectivity index (χ4v) is 2.89. The van der Waals surface area contributed by atoms with Gasteiger partial charge in [-0.25, -0.2) is 4.98 Å². The third-order valence-corrected chi connectivity index (χ3v) is 3.60. The Hall–Kier alpha value is -1.61. The fourth-order valence-electron chi connectivity index (χ4n) is 2.89. The first kappa shape index (κ1) is 11.5. The lowest BCUT2D eigenvalue weighted by Crippen LogP contribution is -2.27. The predicted molar refractivity (Wildman–Crippen MR) is 73.6 cm³/mol. The van der Waals surface area contributed by atoms with Crippen LogP contribution in [0.2, 0.25) is 0 Å². The standard InChI is InChI=1S/C15H19N3/c1-10-6-11(2)15(12(3)7-10)13-9-18-5-4-16-8-14(18)17-13/h6-7,9,16H,4-5,8H2,1-3H3. The van der Waals surface area contributed by atoms with Gasteiger partial charge in [-0.05, 0) is 31.9 Å². The highest BCUT2D eigenvalue weighted by Gasteiger charge is 2.15. The molecule has 0 saturated carbocycles. The van der Waals surface area contributed by atoms with Gasteiger partial charge in [0.05, 0.1) is 12.2 Å². The first-order chi connectivity index (χ1) is 8.65. The van der Waals surface area contributed by atoms with Crippen LogP contribution in [0.15, 0.2) is 18.3 Å². The second-order valence-electron chi connectivity index (χ2n) is 5.19. The molecule has 1 N–H and O–H groups in total. The second-order valence-corrected chi connectivity index (χ2v) is 5.19. The number of hydrogen-bond donors (Lipinski definition) is 1. The number of nitrogens with one attached hydrogen (secondary N) is 1. The van der Waals surface area contributed by atoms with Crippen LogP contribution in [-0.4, -0.2) is 16.1 Å². The highest BCUT2D eigenvalue weighted by atomic mass is 15.1. The summed E-state index contributed by atoms with van der Waals surface area (Å²) in [5.74, 6) is 1.15. The van der Waals surface area contributed by atoms with E-state index in [9.17, 15) is 0 Å². The number of benzene rings is 1. The molecule has 0 aliphatic carbocycles. The molecule has 0 radical (unpaired) electrons. The minimum absolute atomic E-state index is 0.879. The van der Waals surface area contributed by atoms with Crippen LogP contribution in [0.25, 0.3) is 11.3 Å². The number of rotatable bonds is 1. The van der Waals surface area contributed by atoms with Crippen molar-refractivity contribution in [3.05, 3.63) is 40.8 Å². The van der Waals surface area contributed by atoms with Crippen molar-refractivity contribution in [2.24, 2.45) is 0 Å². The Morgan fingerprint density at radius 2 is 1.89 bits per heavy atom. The number of aromatic nitrogens is 2. The molecule has 3 rings (SSSR count). The molecule has 0 bridgehead atoms. The van der Waals surface area contributed by atoms with E-state index in [1.807, 2.05) is 0 Å². The van der Waals surface area contributed by atoms with E-state index in [0.717, 1.165) is 31.2 Å². The van der Waals surface area contributed by atoms with Gasteiger partial charge >= 0.3 is 0 Å². The van der Waals surface area contributed by atoms with Gasteiger partial charge in [0.25, 0.3) is 0 Å². The first-order valence-electron chi connectivity index (χ1n) is 6.50. The van der Waals surface area contributed by atoms with Crippen molar-refractivity contribution in [1.29, 1.82) is 0 Å². The van der Waals surface area contributed by atoms with Gasteiger partial charge in [-0.2, -0.15) is 0 Å². The van der Waals surface area contributed by atoms with Gasteiger partial charge in [0.15, 0.2) is 0 Å². The molecule has 0 spiro atoms. The van der Waals surface area contributed by atoms with E-state index in [1.165, 1.54) is 22.3 Å². The summed E-state index contributed by atoms with van der Waals surface area (Å²) in [6.07, 6.45) is 2.20. The minimum atomic E-state index is 0.879.